The maximum atomic E-state index is 14.1. The number of benzene rings is 2. The molecule has 3 N–H and O–H groups in total. The van der Waals surface area contributed by atoms with Crippen LogP contribution in [0.4, 0.5) is 24.7 Å². The number of nitrogens with zero attached hydrogens (tertiary/aromatic N) is 3. The number of hydrogen-bond acceptors (Lipinski definition) is 6. The number of ether oxygens (including phenoxy) is 1. The second-order valence-corrected chi connectivity index (χ2v) is 9.36. The Morgan fingerprint density at radius 1 is 1.05 bits per heavy atom. The predicted octanol–water partition coefficient (Wildman–Crippen LogP) is 4.27. The lowest BCUT2D eigenvalue weighted by molar-refractivity contribution is -0.138. The molecule has 0 fully saturated rings. The fourth-order valence-corrected chi connectivity index (χ4v) is 4.53. The molecule has 9 nitrogen and oxygen atoms in total. The van der Waals surface area contributed by atoms with Crippen LogP contribution in [0.15, 0.2) is 77.8 Å². The Kier molecular flexibility index (Phi) is 9.00. The topological polar surface area (TPSA) is 127 Å². The largest absolute Gasteiger partial charge is 0.481 e. The summed E-state index contributed by atoms with van der Waals surface area (Å²) in [6, 6.07) is 20.9. The number of hydrogen-bond donors (Lipinski definition) is 2. The van der Waals surface area contributed by atoms with Crippen LogP contribution in [0.25, 0.3) is 0 Å². The number of aliphatic imine (C=N–C) groups is 1. The van der Waals surface area contributed by atoms with Crippen molar-refractivity contribution in [1.82, 2.24) is 10.3 Å². The van der Waals surface area contributed by atoms with E-state index in [9.17, 15) is 27.6 Å². The number of alkyl halides is 3. The summed E-state index contributed by atoms with van der Waals surface area (Å²) in [5.41, 5.74) is 7.36. The number of para-hydroxylation sites is 1. The number of primary amides is 1. The van der Waals surface area contributed by atoms with Crippen molar-refractivity contribution >= 4 is 34.9 Å². The van der Waals surface area contributed by atoms with Crippen molar-refractivity contribution in [3.8, 4) is 5.88 Å². The van der Waals surface area contributed by atoms with Gasteiger partial charge in [0.15, 0.2) is 0 Å². The number of halogens is 3. The Hall–Kier alpha value is -4.74. The molecule has 2 unspecified atom stereocenters. The first-order valence-electron chi connectivity index (χ1n) is 12.8. The van der Waals surface area contributed by atoms with E-state index in [4.69, 9.17) is 10.5 Å². The van der Waals surface area contributed by atoms with E-state index >= 15 is 0 Å². The lowest BCUT2D eigenvalue weighted by Gasteiger charge is -2.25. The number of aromatic nitrogens is 1. The Morgan fingerprint density at radius 3 is 2.44 bits per heavy atom. The average molecular weight is 568 g/mol. The molecule has 214 valence electrons. The molecule has 3 amide bonds. The van der Waals surface area contributed by atoms with E-state index in [1.54, 1.807) is 66.7 Å². The van der Waals surface area contributed by atoms with E-state index in [0.29, 0.717) is 22.5 Å². The summed E-state index contributed by atoms with van der Waals surface area (Å²) >= 11 is 0. The van der Waals surface area contributed by atoms with Crippen LogP contribution in [0.2, 0.25) is 0 Å². The van der Waals surface area contributed by atoms with Crippen molar-refractivity contribution in [2.45, 2.75) is 38.0 Å². The summed E-state index contributed by atoms with van der Waals surface area (Å²) in [6.45, 7) is 0. The highest BCUT2D eigenvalue weighted by atomic mass is 19.4. The molecule has 0 saturated heterocycles. The maximum Gasteiger partial charge on any atom is 0.389 e. The third-order valence-electron chi connectivity index (χ3n) is 6.42. The molecule has 2 atom stereocenters. The number of carbonyl (C=O) groups excluding carboxylic acids is 3. The summed E-state index contributed by atoms with van der Waals surface area (Å²) in [5.74, 6) is -3.09. The van der Waals surface area contributed by atoms with Gasteiger partial charge in [0.25, 0.3) is 5.91 Å². The van der Waals surface area contributed by atoms with Crippen LogP contribution in [0, 0.1) is 5.92 Å². The number of nitrogens with two attached hydrogens (primary N) is 1. The van der Waals surface area contributed by atoms with Crippen molar-refractivity contribution in [2.24, 2.45) is 16.6 Å². The molecule has 41 heavy (non-hydrogen) atoms. The van der Waals surface area contributed by atoms with Gasteiger partial charge in [-0.25, -0.2) is 4.99 Å². The van der Waals surface area contributed by atoms with Gasteiger partial charge in [0, 0.05) is 36.0 Å². The molecule has 1 aliphatic rings. The lowest BCUT2D eigenvalue weighted by Crippen LogP contribution is -2.48. The van der Waals surface area contributed by atoms with Crippen molar-refractivity contribution in [1.29, 1.82) is 0 Å². The minimum Gasteiger partial charge on any atom is -0.481 e. The van der Waals surface area contributed by atoms with Crippen molar-refractivity contribution in [3.05, 3.63) is 83.9 Å². The van der Waals surface area contributed by atoms with Crippen LogP contribution in [0.3, 0.4) is 0 Å². The number of amides is 3. The highest BCUT2D eigenvalue weighted by Crippen LogP contribution is 2.34. The van der Waals surface area contributed by atoms with E-state index < -0.39 is 55.2 Å². The zero-order valence-electron chi connectivity index (χ0n) is 22.1. The predicted molar refractivity (Wildman–Crippen MR) is 146 cm³/mol. The molecule has 4 rings (SSSR count). The number of carbonyl (C=O) groups is 3. The van der Waals surface area contributed by atoms with Gasteiger partial charge in [-0.05, 0) is 25.0 Å². The van der Waals surface area contributed by atoms with Gasteiger partial charge in [-0.1, -0.05) is 54.6 Å². The molecule has 12 heteroatoms. The molecule has 0 radical (unpaired) electrons. The summed E-state index contributed by atoms with van der Waals surface area (Å²) in [7, 11) is 1.43. The standard InChI is InChI=1S/C29H28F3N5O4/c1-41-24-15-7-14-23(34-24)37-21-13-6-5-12-20(21)25(18-9-3-2-4-10-18)35-26(28(37)40)36-27(39)19(17-22(33)38)11-8-16-29(30,31)32/h2-7,9-10,12-15,19,26H,8,11,16-17H2,1H3,(H2,33,38)(H,36,39). The molecular formula is C29H28F3N5O4. The number of rotatable bonds is 10. The van der Waals surface area contributed by atoms with Gasteiger partial charge in [-0.2, -0.15) is 18.2 Å². The summed E-state index contributed by atoms with van der Waals surface area (Å²) < 4.78 is 43.5. The summed E-state index contributed by atoms with van der Waals surface area (Å²) in [6.07, 6.45) is -8.19. The minimum absolute atomic E-state index is 0.199. The van der Waals surface area contributed by atoms with E-state index in [0.717, 1.165) is 0 Å². The number of methoxy groups -OCH3 is 1. The Bertz CT molecular complexity index is 1450. The van der Waals surface area contributed by atoms with E-state index in [-0.39, 0.29) is 18.1 Å². The summed E-state index contributed by atoms with van der Waals surface area (Å²) in [5, 5.41) is 2.56. The van der Waals surface area contributed by atoms with Crippen LogP contribution in [0.5, 0.6) is 5.88 Å². The number of benzodiazepines with no additional fused rings is 1. The monoisotopic (exact) mass is 567 g/mol. The first-order chi connectivity index (χ1) is 19.6. The Labute approximate surface area is 234 Å². The molecule has 2 heterocycles. The second-order valence-electron chi connectivity index (χ2n) is 9.36. The van der Waals surface area contributed by atoms with Gasteiger partial charge >= 0.3 is 6.18 Å². The van der Waals surface area contributed by atoms with Crippen LogP contribution in [-0.4, -0.2) is 47.9 Å². The van der Waals surface area contributed by atoms with Gasteiger partial charge in [-0.15, -0.1) is 0 Å². The van der Waals surface area contributed by atoms with Crippen molar-refractivity contribution in [3.63, 3.8) is 0 Å². The molecule has 1 aliphatic heterocycles. The van der Waals surface area contributed by atoms with Crippen LogP contribution in [-0.2, 0) is 14.4 Å². The molecule has 1 aromatic heterocycles. The zero-order chi connectivity index (χ0) is 29.6. The van der Waals surface area contributed by atoms with E-state index in [1.807, 2.05) is 6.07 Å². The van der Waals surface area contributed by atoms with E-state index in [2.05, 4.69) is 15.3 Å². The molecule has 0 bridgehead atoms. The van der Waals surface area contributed by atoms with Gasteiger partial charge in [0.05, 0.1) is 18.5 Å². The van der Waals surface area contributed by atoms with Gasteiger partial charge in [0.1, 0.15) is 5.82 Å². The van der Waals surface area contributed by atoms with E-state index in [1.165, 1.54) is 12.0 Å². The normalized spacial score (nSPS) is 15.8. The molecule has 2 aromatic carbocycles. The smallest absolute Gasteiger partial charge is 0.389 e. The van der Waals surface area contributed by atoms with Gasteiger partial charge in [0.2, 0.25) is 23.9 Å². The van der Waals surface area contributed by atoms with Crippen LogP contribution in [0.1, 0.15) is 36.8 Å². The Balaban J connectivity index is 1.77. The number of pyridine rings is 1. The first kappa shape index (κ1) is 29.2. The number of nitrogens with one attached hydrogen (secondary N) is 1. The third kappa shape index (κ3) is 7.27. The molecule has 0 saturated carbocycles. The van der Waals surface area contributed by atoms with Crippen molar-refractivity contribution in [2.75, 3.05) is 12.0 Å². The highest BCUT2D eigenvalue weighted by molar-refractivity contribution is 6.21. The molecule has 0 aliphatic carbocycles. The molecular weight excluding hydrogens is 539 g/mol. The van der Waals surface area contributed by atoms with Gasteiger partial charge in [-0.3, -0.25) is 19.3 Å². The SMILES string of the molecule is COc1cccc(N2C(=O)C(NC(=O)C(CCCC(F)(F)F)CC(N)=O)N=C(c3ccccc3)c3ccccc32)n1. The van der Waals surface area contributed by atoms with Crippen LogP contribution >= 0.6 is 0 Å². The minimum atomic E-state index is -4.42. The quantitative estimate of drug-likeness (QED) is 0.378. The molecule has 3 aromatic rings. The highest BCUT2D eigenvalue weighted by Gasteiger charge is 2.36. The summed E-state index contributed by atoms with van der Waals surface area (Å²) in [4.78, 5) is 49.5. The maximum absolute atomic E-state index is 14.1. The van der Waals surface area contributed by atoms with Crippen LogP contribution < -0.4 is 20.7 Å². The lowest BCUT2D eigenvalue weighted by atomic mass is 9.96. The number of fused-ring (bicyclic) bond motifs is 1. The third-order valence-corrected chi connectivity index (χ3v) is 6.42. The fourth-order valence-electron chi connectivity index (χ4n) is 4.53. The number of anilines is 2. The average Bonchev–Trinajstić information content (AvgIpc) is 3.06. The zero-order valence-corrected chi connectivity index (χ0v) is 22.1. The second kappa shape index (κ2) is 12.6. The van der Waals surface area contributed by atoms with Crippen molar-refractivity contribution < 1.29 is 32.3 Å². The van der Waals surface area contributed by atoms with Gasteiger partial charge < -0.3 is 15.8 Å². The first-order valence-corrected chi connectivity index (χ1v) is 12.8. The Morgan fingerprint density at radius 2 is 1.76 bits per heavy atom. The molecule has 0 spiro atoms. The fraction of sp³-hybridized carbons (Fsp3) is 0.276.